The second-order valence-electron chi connectivity index (χ2n) is 6.09. The van der Waals surface area contributed by atoms with Crippen LogP contribution in [0.25, 0.3) is 0 Å². The van der Waals surface area contributed by atoms with Crippen LogP contribution in [0.5, 0.6) is 0 Å². The topological polar surface area (TPSA) is 21.3 Å². The van der Waals surface area contributed by atoms with Gasteiger partial charge in [-0.15, -0.1) is 0 Å². The van der Waals surface area contributed by atoms with Gasteiger partial charge in [0.2, 0.25) is 0 Å². The first kappa shape index (κ1) is 18.2. The third-order valence-electron chi connectivity index (χ3n) is 3.88. The van der Waals surface area contributed by atoms with Gasteiger partial charge in [-0.3, -0.25) is 0 Å². The Morgan fingerprint density at radius 2 is 1.71 bits per heavy atom. The lowest BCUT2D eigenvalue weighted by Crippen LogP contribution is -2.37. The van der Waals surface area contributed by atoms with E-state index in [9.17, 15) is 0 Å². The largest absolute Gasteiger partial charge is 0.376 e. The quantitative estimate of drug-likeness (QED) is 0.582. The molecule has 0 spiro atoms. The van der Waals surface area contributed by atoms with Crippen molar-refractivity contribution < 1.29 is 4.74 Å². The minimum Gasteiger partial charge on any atom is -0.376 e. The van der Waals surface area contributed by atoms with Gasteiger partial charge in [0.15, 0.2) is 0 Å². The second kappa shape index (κ2) is 10.8. The maximum atomic E-state index is 6.26. The monoisotopic (exact) mass is 291 g/mol. The van der Waals surface area contributed by atoms with Crippen LogP contribution in [0.15, 0.2) is 30.3 Å². The van der Waals surface area contributed by atoms with E-state index in [4.69, 9.17) is 4.74 Å². The molecule has 1 aromatic rings. The van der Waals surface area contributed by atoms with Gasteiger partial charge in [0, 0.05) is 6.61 Å². The van der Waals surface area contributed by atoms with Crippen molar-refractivity contribution in [2.24, 2.45) is 5.92 Å². The van der Waals surface area contributed by atoms with Crippen molar-refractivity contribution in [2.45, 2.75) is 65.5 Å². The van der Waals surface area contributed by atoms with Crippen LogP contribution in [0.3, 0.4) is 0 Å². The van der Waals surface area contributed by atoms with Gasteiger partial charge >= 0.3 is 0 Å². The fourth-order valence-electron chi connectivity index (χ4n) is 2.73. The number of hydrogen-bond acceptors (Lipinski definition) is 2. The molecule has 0 aliphatic carbocycles. The van der Waals surface area contributed by atoms with Crippen molar-refractivity contribution in [3.63, 3.8) is 0 Å². The van der Waals surface area contributed by atoms with Gasteiger partial charge in [0.25, 0.3) is 0 Å². The van der Waals surface area contributed by atoms with E-state index < -0.39 is 0 Å². The molecule has 0 aliphatic heterocycles. The Bertz CT molecular complexity index is 350. The van der Waals surface area contributed by atoms with Gasteiger partial charge in [-0.25, -0.2) is 0 Å². The summed E-state index contributed by atoms with van der Waals surface area (Å²) in [4.78, 5) is 0. The SMILES string of the molecule is CCCCCCOC(C(C)C)C(NCC)c1ccccc1. The van der Waals surface area contributed by atoms with Crippen LogP contribution >= 0.6 is 0 Å². The van der Waals surface area contributed by atoms with E-state index in [-0.39, 0.29) is 12.1 Å². The molecule has 0 amide bonds. The second-order valence-corrected chi connectivity index (χ2v) is 6.09. The molecule has 21 heavy (non-hydrogen) atoms. The Balaban J connectivity index is 2.65. The molecule has 0 saturated carbocycles. The van der Waals surface area contributed by atoms with Crippen LogP contribution in [0.4, 0.5) is 0 Å². The average molecular weight is 291 g/mol. The van der Waals surface area contributed by atoms with Gasteiger partial charge in [-0.1, -0.05) is 77.3 Å². The zero-order valence-electron chi connectivity index (χ0n) is 14.3. The lowest BCUT2D eigenvalue weighted by molar-refractivity contribution is -0.00566. The summed E-state index contributed by atoms with van der Waals surface area (Å²) in [5, 5.41) is 3.61. The molecule has 0 fully saturated rings. The summed E-state index contributed by atoms with van der Waals surface area (Å²) in [6.45, 7) is 10.7. The minimum atomic E-state index is 0.231. The van der Waals surface area contributed by atoms with E-state index in [1.807, 2.05) is 0 Å². The molecule has 0 heterocycles. The smallest absolute Gasteiger partial charge is 0.0792 e. The summed E-state index contributed by atoms with van der Waals surface area (Å²) in [5.41, 5.74) is 1.33. The number of benzene rings is 1. The van der Waals surface area contributed by atoms with Crippen LogP contribution < -0.4 is 5.32 Å². The summed E-state index contributed by atoms with van der Waals surface area (Å²) in [5.74, 6) is 0.500. The van der Waals surface area contributed by atoms with Crippen molar-refractivity contribution in [1.29, 1.82) is 0 Å². The normalized spacial score (nSPS) is 14.3. The van der Waals surface area contributed by atoms with Crippen molar-refractivity contribution in [2.75, 3.05) is 13.2 Å². The fourth-order valence-corrected chi connectivity index (χ4v) is 2.73. The van der Waals surface area contributed by atoms with Crippen LogP contribution in [-0.2, 0) is 4.74 Å². The van der Waals surface area contributed by atoms with E-state index in [1.165, 1.54) is 31.2 Å². The molecule has 2 heteroatoms. The Kier molecular flexibility index (Phi) is 9.36. The number of likely N-dealkylation sites (N-methyl/N-ethyl adjacent to an activating group) is 1. The Morgan fingerprint density at radius 3 is 2.29 bits per heavy atom. The van der Waals surface area contributed by atoms with E-state index >= 15 is 0 Å². The molecule has 2 nitrogen and oxygen atoms in total. The van der Waals surface area contributed by atoms with Crippen LogP contribution in [-0.4, -0.2) is 19.3 Å². The fraction of sp³-hybridized carbons (Fsp3) is 0.684. The summed E-state index contributed by atoms with van der Waals surface area (Å²) in [6.07, 6.45) is 5.26. The van der Waals surface area contributed by atoms with Gasteiger partial charge in [0.1, 0.15) is 0 Å². The highest BCUT2D eigenvalue weighted by Crippen LogP contribution is 2.25. The molecule has 1 aromatic carbocycles. The molecule has 0 radical (unpaired) electrons. The minimum absolute atomic E-state index is 0.231. The highest BCUT2D eigenvalue weighted by molar-refractivity contribution is 5.20. The number of rotatable bonds is 11. The van der Waals surface area contributed by atoms with Crippen LogP contribution in [0.2, 0.25) is 0 Å². The summed E-state index contributed by atoms with van der Waals surface area (Å²) >= 11 is 0. The zero-order chi connectivity index (χ0) is 15.5. The van der Waals surface area contributed by atoms with E-state index in [0.717, 1.165) is 13.2 Å². The average Bonchev–Trinajstić information content (AvgIpc) is 2.50. The lowest BCUT2D eigenvalue weighted by atomic mass is 9.93. The van der Waals surface area contributed by atoms with Crippen LogP contribution in [0.1, 0.15) is 65.0 Å². The Morgan fingerprint density at radius 1 is 1.00 bits per heavy atom. The van der Waals surface area contributed by atoms with Crippen LogP contribution in [0, 0.1) is 5.92 Å². The third-order valence-corrected chi connectivity index (χ3v) is 3.88. The van der Waals surface area contributed by atoms with Crippen molar-refractivity contribution >= 4 is 0 Å². The molecule has 0 saturated heterocycles. The molecule has 2 atom stereocenters. The van der Waals surface area contributed by atoms with Crippen molar-refractivity contribution in [3.8, 4) is 0 Å². The van der Waals surface area contributed by atoms with Crippen molar-refractivity contribution in [3.05, 3.63) is 35.9 Å². The highest BCUT2D eigenvalue weighted by Gasteiger charge is 2.25. The molecule has 120 valence electrons. The van der Waals surface area contributed by atoms with Gasteiger partial charge in [0.05, 0.1) is 12.1 Å². The standard InChI is InChI=1S/C19H33NO/c1-5-7-8-12-15-21-19(16(3)4)18(20-6-2)17-13-10-9-11-14-17/h9-11,13-14,16,18-20H,5-8,12,15H2,1-4H3. The van der Waals surface area contributed by atoms with E-state index in [0.29, 0.717) is 5.92 Å². The highest BCUT2D eigenvalue weighted by atomic mass is 16.5. The van der Waals surface area contributed by atoms with Gasteiger partial charge in [-0.2, -0.15) is 0 Å². The predicted octanol–water partition coefficient (Wildman–Crippen LogP) is 4.96. The Labute approximate surface area is 131 Å². The number of nitrogens with one attached hydrogen (secondary N) is 1. The summed E-state index contributed by atoms with van der Waals surface area (Å²) in [6, 6.07) is 11.0. The summed E-state index contributed by atoms with van der Waals surface area (Å²) in [7, 11) is 0. The number of hydrogen-bond donors (Lipinski definition) is 1. The Hall–Kier alpha value is -0.860. The first-order valence-electron chi connectivity index (χ1n) is 8.60. The maximum Gasteiger partial charge on any atom is 0.0792 e. The molecule has 0 bridgehead atoms. The van der Waals surface area contributed by atoms with E-state index in [1.54, 1.807) is 0 Å². The zero-order valence-corrected chi connectivity index (χ0v) is 14.3. The van der Waals surface area contributed by atoms with E-state index in [2.05, 4.69) is 63.3 Å². The number of unbranched alkanes of at least 4 members (excludes halogenated alkanes) is 3. The molecular formula is C19H33NO. The van der Waals surface area contributed by atoms with Crippen molar-refractivity contribution in [1.82, 2.24) is 5.32 Å². The molecule has 2 unspecified atom stereocenters. The third kappa shape index (κ3) is 6.62. The molecule has 0 aromatic heterocycles. The molecular weight excluding hydrogens is 258 g/mol. The summed E-state index contributed by atoms with van der Waals surface area (Å²) < 4.78 is 6.26. The first-order chi connectivity index (χ1) is 10.2. The van der Waals surface area contributed by atoms with Gasteiger partial charge in [-0.05, 0) is 24.4 Å². The predicted molar refractivity (Wildman–Crippen MR) is 91.6 cm³/mol. The first-order valence-corrected chi connectivity index (χ1v) is 8.60. The number of ether oxygens (including phenoxy) is 1. The molecule has 1 N–H and O–H groups in total. The lowest BCUT2D eigenvalue weighted by Gasteiger charge is -2.31. The molecule has 1 rings (SSSR count). The molecule has 0 aliphatic rings. The maximum absolute atomic E-state index is 6.26. The van der Waals surface area contributed by atoms with Gasteiger partial charge < -0.3 is 10.1 Å².